The van der Waals surface area contributed by atoms with E-state index in [2.05, 4.69) is 15.2 Å². The largest absolute Gasteiger partial charge is 0.496 e. The first kappa shape index (κ1) is 16.3. The molecular weight excluding hydrogens is 328 g/mol. The van der Waals surface area contributed by atoms with E-state index < -0.39 is 0 Å². The van der Waals surface area contributed by atoms with Crippen LogP contribution >= 0.6 is 0 Å². The SMILES string of the molecule is COc1ccccc1C(=O)N1CCC[C@H]1c1nc(-c2ccccc2)n[nH]1. The molecule has 2 aromatic carbocycles. The molecule has 3 aromatic rings. The highest BCUT2D eigenvalue weighted by Gasteiger charge is 2.34. The van der Waals surface area contributed by atoms with Gasteiger partial charge in [-0.05, 0) is 25.0 Å². The van der Waals surface area contributed by atoms with Crippen LogP contribution in [0.15, 0.2) is 54.6 Å². The second-order valence-electron chi connectivity index (χ2n) is 6.27. The van der Waals surface area contributed by atoms with Gasteiger partial charge in [0.15, 0.2) is 5.82 Å². The summed E-state index contributed by atoms with van der Waals surface area (Å²) in [5.74, 6) is 1.93. The Balaban J connectivity index is 1.61. The number of hydrogen-bond acceptors (Lipinski definition) is 4. The number of aromatic nitrogens is 3. The van der Waals surface area contributed by atoms with Crippen molar-refractivity contribution >= 4 is 5.91 Å². The monoisotopic (exact) mass is 348 g/mol. The summed E-state index contributed by atoms with van der Waals surface area (Å²) < 4.78 is 5.35. The van der Waals surface area contributed by atoms with Gasteiger partial charge in [-0.25, -0.2) is 4.98 Å². The Morgan fingerprint density at radius 3 is 2.73 bits per heavy atom. The zero-order valence-electron chi connectivity index (χ0n) is 14.6. The highest BCUT2D eigenvalue weighted by molar-refractivity contribution is 5.97. The summed E-state index contributed by atoms with van der Waals surface area (Å²) in [4.78, 5) is 19.6. The van der Waals surface area contributed by atoms with E-state index in [0.717, 1.165) is 24.2 Å². The maximum Gasteiger partial charge on any atom is 0.258 e. The molecule has 1 aliphatic heterocycles. The fourth-order valence-corrected chi connectivity index (χ4v) is 3.41. The Labute approximate surface area is 151 Å². The first-order valence-corrected chi connectivity index (χ1v) is 8.69. The number of nitrogens with one attached hydrogen (secondary N) is 1. The van der Waals surface area contributed by atoms with E-state index >= 15 is 0 Å². The molecule has 132 valence electrons. The molecule has 0 aliphatic carbocycles. The molecule has 1 saturated heterocycles. The number of carbonyl (C=O) groups excluding carboxylic acids is 1. The van der Waals surface area contributed by atoms with Gasteiger partial charge >= 0.3 is 0 Å². The quantitative estimate of drug-likeness (QED) is 0.784. The van der Waals surface area contributed by atoms with Gasteiger partial charge in [0.1, 0.15) is 11.6 Å². The van der Waals surface area contributed by atoms with Crippen LogP contribution in [0.3, 0.4) is 0 Å². The second-order valence-corrected chi connectivity index (χ2v) is 6.27. The van der Waals surface area contributed by atoms with Crippen molar-refractivity contribution in [1.82, 2.24) is 20.1 Å². The number of carbonyl (C=O) groups is 1. The third-order valence-corrected chi connectivity index (χ3v) is 4.70. The normalized spacial score (nSPS) is 16.7. The fraction of sp³-hybridized carbons (Fsp3) is 0.250. The van der Waals surface area contributed by atoms with E-state index in [1.54, 1.807) is 19.2 Å². The number of amides is 1. The van der Waals surface area contributed by atoms with Crippen LogP contribution in [-0.2, 0) is 0 Å². The molecule has 0 bridgehead atoms. The van der Waals surface area contributed by atoms with E-state index in [4.69, 9.17) is 4.74 Å². The van der Waals surface area contributed by atoms with Crippen LogP contribution in [0.2, 0.25) is 0 Å². The number of hydrogen-bond donors (Lipinski definition) is 1. The number of aromatic amines is 1. The Morgan fingerprint density at radius 1 is 1.15 bits per heavy atom. The number of nitrogens with zero attached hydrogens (tertiary/aromatic N) is 3. The van der Waals surface area contributed by atoms with Crippen molar-refractivity contribution < 1.29 is 9.53 Å². The molecule has 1 amide bonds. The number of methoxy groups -OCH3 is 1. The molecule has 1 N–H and O–H groups in total. The molecule has 1 atom stereocenters. The number of H-pyrrole nitrogens is 1. The lowest BCUT2D eigenvalue weighted by atomic mass is 10.1. The molecule has 0 saturated carbocycles. The van der Waals surface area contributed by atoms with Gasteiger partial charge in [-0.1, -0.05) is 42.5 Å². The van der Waals surface area contributed by atoms with Crippen molar-refractivity contribution in [3.05, 3.63) is 66.0 Å². The lowest BCUT2D eigenvalue weighted by Crippen LogP contribution is -2.31. The van der Waals surface area contributed by atoms with Gasteiger partial charge in [-0.15, -0.1) is 0 Å². The van der Waals surface area contributed by atoms with Crippen molar-refractivity contribution in [3.8, 4) is 17.1 Å². The molecule has 0 unspecified atom stereocenters. The molecule has 0 radical (unpaired) electrons. The molecule has 1 fully saturated rings. The Bertz CT molecular complexity index is 907. The third-order valence-electron chi connectivity index (χ3n) is 4.70. The van der Waals surface area contributed by atoms with Gasteiger partial charge in [0, 0.05) is 12.1 Å². The van der Waals surface area contributed by atoms with Crippen molar-refractivity contribution in [2.24, 2.45) is 0 Å². The van der Waals surface area contributed by atoms with Gasteiger partial charge in [0.05, 0.1) is 18.7 Å². The van der Waals surface area contributed by atoms with Crippen molar-refractivity contribution in [1.29, 1.82) is 0 Å². The van der Waals surface area contributed by atoms with Crippen LogP contribution in [0.5, 0.6) is 5.75 Å². The molecule has 26 heavy (non-hydrogen) atoms. The Kier molecular flexibility index (Phi) is 4.39. The van der Waals surface area contributed by atoms with Crippen molar-refractivity contribution in [2.45, 2.75) is 18.9 Å². The Hall–Kier alpha value is -3.15. The van der Waals surface area contributed by atoms with Gasteiger partial charge < -0.3 is 9.64 Å². The highest BCUT2D eigenvalue weighted by atomic mass is 16.5. The van der Waals surface area contributed by atoms with Gasteiger partial charge in [0.25, 0.3) is 5.91 Å². The molecule has 6 heteroatoms. The van der Waals surface area contributed by atoms with Gasteiger partial charge in [-0.3, -0.25) is 9.89 Å². The highest BCUT2D eigenvalue weighted by Crippen LogP contribution is 2.33. The van der Waals surface area contributed by atoms with Gasteiger partial charge in [-0.2, -0.15) is 5.10 Å². The van der Waals surface area contributed by atoms with Gasteiger partial charge in [0.2, 0.25) is 0 Å². The van der Waals surface area contributed by atoms with Crippen LogP contribution in [0.1, 0.15) is 35.1 Å². The van der Waals surface area contributed by atoms with E-state index in [-0.39, 0.29) is 11.9 Å². The minimum atomic E-state index is -0.0997. The smallest absolute Gasteiger partial charge is 0.258 e. The van der Waals surface area contributed by atoms with Crippen LogP contribution < -0.4 is 4.74 Å². The molecule has 6 nitrogen and oxygen atoms in total. The van der Waals surface area contributed by atoms with Crippen LogP contribution in [0, 0.1) is 0 Å². The van der Waals surface area contributed by atoms with Crippen LogP contribution in [0.4, 0.5) is 0 Å². The number of ether oxygens (including phenoxy) is 1. The lowest BCUT2D eigenvalue weighted by molar-refractivity contribution is 0.0726. The molecule has 1 aliphatic rings. The van der Waals surface area contributed by atoms with Crippen LogP contribution in [-0.4, -0.2) is 39.6 Å². The number of rotatable bonds is 4. The fourth-order valence-electron chi connectivity index (χ4n) is 3.41. The predicted molar refractivity (Wildman–Crippen MR) is 97.8 cm³/mol. The average Bonchev–Trinajstić information content (AvgIpc) is 3.37. The summed E-state index contributed by atoms with van der Waals surface area (Å²) in [6, 6.07) is 17.0. The molecular formula is C20H20N4O2. The lowest BCUT2D eigenvalue weighted by Gasteiger charge is -2.23. The van der Waals surface area contributed by atoms with Crippen molar-refractivity contribution in [2.75, 3.05) is 13.7 Å². The zero-order valence-corrected chi connectivity index (χ0v) is 14.6. The maximum absolute atomic E-state index is 13.1. The van der Waals surface area contributed by atoms with E-state index in [9.17, 15) is 4.79 Å². The van der Waals surface area contributed by atoms with E-state index in [1.165, 1.54) is 0 Å². The standard InChI is InChI=1S/C20H20N4O2/c1-26-17-12-6-5-10-15(17)20(25)24-13-7-11-16(24)19-21-18(22-23-19)14-8-3-2-4-9-14/h2-6,8-10,12,16H,7,11,13H2,1H3,(H,21,22,23)/t16-/m0/s1. The molecule has 2 heterocycles. The number of likely N-dealkylation sites (tertiary alicyclic amines) is 1. The second kappa shape index (κ2) is 7.00. The minimum absolute atomic E-state index is 0.0392. The summed E-state index contributed by atoms with van der Waals surface area (Å²) in [6.07, 6.45) is 1.80. The molecule has 4 rings (SSSR count). The summed E-state index contributed by atoms with van der Waals surface area (Å²) in [6.45, 7) is 0.697. The maximum atomic E-state index is 13.1. The van der Waals surface area contributed by atoms with E-state index in [1.807, 2.05) is 47.4 Å². The minimum Gasteiger partial charge on any atom is -0.496 e. The average molecular weight is 348 g/mol. The molecule has 1 aromatic heterocycles. The van der Waals surface area contributed by atoms with Crippen LogP contribution in [0.25, 0.3) is 11.4 Å². The topological polar surface area (TPSA) is 71.1 Å². The van der Waals surface area contributed by atoms with E-state index in [0.29, 0.717) is 23.7 Å². The Morgan fingerprint density at radius 2 is 1.92 bits per heavy atom. The number of para-hydroxylation sites is 1. The van der Waals surface area contributed by atoms with Crippen molar-refractivity contribution in [3.63, 3.8) is 0 Å². The zero-order chi connectivity index (χ0) is 17.9. The summed E-state index contributed by atoms with van der Waals surface area (Å²) in [5.41, 5.74) is 1.53. The summed E-state index contributed by atoms with van der Waals surface area (Å²) >= 11 is 0. The number of benzene rings is 2. The third kappa shape index (κ3) is 2.94. The first-order valence-electron chi connectivity index (χ1n) is 8.69. The molecule has 0 spiro atoms. The summed E-state index contributed by atoms with van der Waals surface area (Å²) in [7, 11) is 1.58. The summed E-state index contributed by atoms with van der Waals surface area (Å²) in [5, 5.41) is 7.36. The predicted octanol–water partition coefficient (Wildman–Crippen LogP) is 3.46. The first-order chi connectivity index (χ1) is 12.8.